The second-order valence-corrected chi connectivity index (χ2v) is 5.55. The van der Waals surface area contributed by atoms with Gasteiger partial charge in [0.15, 0.2) is 0 Å². The molecule has 3 nitrogen and oxygen atoms in total. The molecule has 3 heteroatoms. The van der Waals surface area contributed by atoms with Gasteiger partial charge in [-0.2, -0.15) is 0 Å². The molecule has 0 radical (unpaired) electrons. The lowest BCUT2D eigenvalue weighted by atomic mass is 10.0. The quantitative estimate of drug-likeness (QED) is 0.905. The Hall–Kier alpha value is -1.87. The maximum absolute atomic E-state index is 11.3. The minimum atomic E-state index is 0.0256. The summed E-state index contributed by atoms with van der Waals surface area (Å²) in [5.74, 6) is 0.0256. The lowest BCUT2D eigenvalue weighted by molar-refractivity contribution is -0.119. The summed E-state index contributed by atoms with van der Waals surface area (Å²) in [4.78, 5) is 13.4. The number of fused-ring (bicyclic) bond motifs is 1. The van der Waals surface area contributed by atoms with Crippen LogP contribution in [0.3, 0.4) is 0 Å². The van der Waals surface area contributed by atoms with E-state index >= 15 is 0 Å². The molecule has 106 valence electrons. The molecule has 2 aromatic rings. The van der Waals surface area contributed by atoms with Crippen molar-refractivity contribution in [3.05, 3.63) is 48.0 Å². The molecule has 2 rings (SSSR count). The van der Waals surface area contributed by atoms with E-state index in [1.807, 2.05) is 20.2 Å². The minimum absolute atomic E-state index is 0.0256. The molecule has 2 aromatic carbocycles. The molecule has 0 aliphatic carbocycles. The van der Waals surface area contributed by atoms with Gasteiger partial charge in [-0.05, 0) is 36.9 Å². The van der Waals surface area contributed by atoms with Crippen molar-refractivity contribution >= 4 is 16.7 Å². The maximum atomic E-state index is 11.3. The number of likely N-dealkylation sites (N-methyl/N-ethyl adjacent to an activating group) is 1. The van der Waals surface area contributed by atoms with Crippen LogP contribution in [0, 0.1) is 0 Å². The molecule has 1 amide bonds. The van der Waals surface area contributed by atoms with Crippen LogP contribution in [0.1, 0.15) is 12.5 Å². The second-order valence-electron chi connectivity index (χ2n) is 5.55. The van der Waals surface area contributed by atoms with E-state index in [1.54, 1.807) is 6.92 Å². The van der Waals surface area contributed by atoms with Crippen molar-refractivity contribution in [1.29, 1.82) is 0 Å². The molecule has 0 heterocycles. The van der Waals surface area contributed by atoms with Gasteiger partial charge in [0.1, 0.15) is 0 Å². The predicted octanol–water partition coefficient (Wildman–Crippen LogP) is 2.45. The van der Waals surface area contributed by atoms with Gasteiger partial charge < -0.3 is 10.2 Å². The fourth-order valence-electron chi connectivity index (χ4n) is 2.54. The van der Waals surface area contributed by atoms with E-state index in [2.05, 4.69) is 46.6 Å². The van der Waals surface area contributed by atoms with Crippen LogP contribution < -0.4 is 5.32 Å². The largest absolute Gasteiger partial charge is 0.352 e. The molecule has 0 saturated carbocycles. The van der Waals surface area contributed by atoms with Crippen LogP contribution in [0.4, 0.5) is 0 Å². The Balaban J connectivity index is 2.16. The number of benzene rings is 2. The molecule has 0 saturated heterocycles. The summed E-state index contributed by atoms with van der Waals surface area (Å²) in [6, 6.07) is 15.0. The number of hydrogen-bond donors (Lipinski definition) is 1. The topological polar surface area (TPSA) is 32.3 Å². The van der Waals surface area contributed by atoms with Gasteiger partial charge in [0.25, 0.3) is 0 Å². The summed E-state index contributed by atoms with van der Waals surface area (Å²) in [7, 11) is 4.05. The Morgan fingerprint density at radius 2 is 1.85 bits per heavy atom. The van der Waals surface area contributed by atoms with E-state index in [9.17, 15) is 4.79 Å². The second kappa shape index (κ2) is 6.53. The first-order valence-electron chi connectivity index (χ1n) is 6.94. The van der Waals surface area contributed by atoms with Crippen LogP contribution >= 0.6 is 0 Å². The van der Waals surface area contributed by atoms with Crippen LogP contribution in [0.2, 0.25) is 0 Å². The SMILES string of the molecule is CC(=O)NC(Cc1ccc2ccccc2c1)CN(C)C. The monoisotopic (exact) mass is 270 g/mol. The minimum Gasteiger partial charge on any atom is -0.352 e. The molecule has 20 heavy (non-hydrogen) atoms. The molecular formula is C17H22N2O. The summed E-state index contributed by atoms with van der Waals surface area (Å²) in [5.41, 5.74) is 1.25. The van der Waals surface area contributed by atoms with Gasteiger partial charge in [-0.1, -0.05) is 42.5 Å². The van der Waals surface area contributed by atoms with Gasteiger partial charge in [-0.25, -0.2) is 0 Å². The molecule has 0 bridgehead atoms. The summed E-state index contributed by atoms with van der Waals surface area (Å²) < 4.78 is 0. The zero-order chi connectivity index (χ0) is 14.5. The summed E-state index contributed by atoms with van der Waals surface area (Å²) in [6.07, 6.45) is 0.850. The highest BCUT2D eigenvalue weighted by molar-refractivity contribution is 5.83. The normalized spacial score (nSPS) is 12.6. The number of hydrogen-bond acceptors (Lipinski definition) is 2. The van der Waals surface area contributed by atoms with Crippen molar-refractivity contribution in [2.75, 3.05) is 20.6 Å². The van der Waals surface area contributed by atoms with Crippen molar-refractivity contribution in [2.24, 2.45) is 0 Å². The molecule has 0 aliphatic heterocycles. The van der Waals surface area contributed by atoms with Crippen molar-refractivity contribution in [1.82, 2.24) is 10.2 Å². The third-order valence-electron chi connectivity index (χ3n) is 3.29. The molecule has 1 N–H and O–H groups in total. The number of amides is 1. The molecule has 0 fully saturated rings. The van der Waals surface area contributed by atoms with E-state index < -0.39 is 0 Å². The number of nitrogens with zero attached hydrogens (tertiary/aromatic N) is 1. The van der Waals surface area contributed by atoms with Crippen LogP contribution in [0.25, 0.3) is 10.8 Å². The Morgan fingerprint density at radius 1 is 1.15 bits per heavy atom. The smallest absolute Gasteiger partial charge is 0.217 e. The predicted molar refractivity (Wildman–Crippen MR) is 83.8 cm³/mol. The Bertz CT molecular complexity index is 592. The van der Waals surface area contributed by atoms with Gasteiger partial charge in [-0.15, -0.1) is 0 Å². The molecule has 1 unspecified atom stereocenters. The van der Waals surface area contributed by atoms with Crippen molar-refractivity contribution in [2.45, 2.75) is 19.4 Å². The molecular weight excluding hydrogens is 248 g/mol. The first-order chi connectivity index (χ1) is 9.54. The van der Waals surface area contributed by atoms with Gasteiger partial charge in [-0.3, -0.25) is 4.79 Å². The molecule has 1 atom stereocenters. The fourth-order valence-corrected chi connectivity index (χ4v) is 2.54. The van der Waals surface area contributed by atoms with Crippen LogP contribution in [-0.4, -0.2) is 37.5 Å². The average molecular weight is 270 g/mol. The van der Waals surface area contributed by atoms with Crippen LogP contribution in [0.5, 0.6) is 0 Å². The van der Waals surface area contributed by atoms with Crippen LogP contribution in [-0.2, 0) is 11.2 Å². The summed E-state index contributed by atoms with van der Waals surface area (Å²) >= 11 is 0. The van der Waals surface area contributed by atoms with E-state index in [-0.39, 0.29) is 11.9 Å². The average Bonchev–Trinajstić information content (AvgIpc) is 2.37. The van der Waals surface area contributed by atoms with Crippen LogP contribution in [0.15, 0.2) is 42.5 Å². The lowest BCUT2D eigenvalue weighted by Gasteiger charge is -2.22. The standard InChI is InChI=1S/C17H22N2O/c1-13(20)18-17(12-19(2)3)11-14-8-9-15-6-4-5-7-16(15)10-14/h4-10,17H,11-12H2,1-3H3,(H,18,20). The highest BCUT2D eigenvalue weighted by atomic mass is 16.1. The van der Waals surface area contributed by atoms with Crippen molar-refractivity contribution in [3.63, 3.8) is 0 Å². The molecule has 0 aromatic heterocycles. The number of carbonyl (C=O) groups is 1. The highest BCUT2D eigenvalue weighted by Gasteiger charge is 2.12. The first kappa shape index (κ1) is 14.5. The van der Waals surface area contributed by atoms with Gasteiger partial charge in [0.05, 0.1) is 0 Å². The van der Waals surface area contributed by atoms with E-state index in [4.69, 9.17) is 0 Å². The first-order valence-corrected chi connectivity index (χ1v) is 6.94. The van der Waals surface area contributed by atoms with E-state index in [0.717, 1.165) is 13.0 Å². The lowest BCUT2D eigenvalue weighted by Crippen LogP contribution is -2.42. The molecule has 0 spiro atoms. The number of carbonyl (C=O) groups excluding carboxylic acids is 1. The van der Waals surface area contributed by atoms with Crippen molar-refractivity contribution in [3.8, 4) is 0 Å². The number of rotatable bonds is 5. The third-order valence-corrected chi connectivity index (χ3v) is 3.29. The maximum Gasteiger partial charge on any atom is 0.217 e. The van der Waals surface area contributed by atoms with Gasteiger partial charge in [0, 0.05) is 19.5 Å². The fraction of sp³-hybridized carbons (Fsp3) is 0.353. The highest BCUT2D eigenvalue weighted by Crippen LogP contribution is 2.16. The number of nitrogens with one attached hydrogen (secondary N) is 1. The zero-order valence-electron chi connectivity index (χ0n) is 12.4. The third kappa shape index (κ3) is 4.07. The van der Waals surface area contributed by atoms with Gasteiger partial charge >= 0.3 is 0 Å². The van der Waals surface area contributed by atoms with E-state index in [0.29, 0.717) is 0 Å². The summed E-state index contributed by atoms with van der Waals surface area (Å²) in [5, 5.41) is 5.52. The Morgan fingerprint density at radius 3 is 2.50 bits per heavy atom. The van der Waals surface area contributed by atoms with E-state index in [1.165, 1.54) is 16.3 Å². The molecule has 0 aliphatic rings. The Kier molecular flexibility index (Phi) is 4.74. The van der Waals surface area contributed by atoms with Gasteiger partial charge in [0.2, 0.25) is 5.91 Å². The zero-order valence-corrected chi connectivity index (χ0v) is 12.4. The van der Waals surface area contributed by atoms with Crippen molar-refractivity contribution < 1.29 is 4.79 Å². The summed E-state index contributed by atoms with van der Waals surface area (Å²) in [6.45, 7) is 2.41. The Labute approximate surface area is 120 Å².